The normalized spacial score (nSPS) is 25.2. The van der Waals surface area contributed by atoms with Crippen molar-refractivity contribution in [3.8, 4) is 0 Å². The van der Waals surface area contributed by atoms with Crippen molar-refractivity contribution in [2.45, 2.75) is 64.2 Å². The lowest BCUT2D eigenvalue weighted by Crippen LogP contribution is -2.64. The van der Waals surface area contributed by atoms with Gasteiger partial charge in [-0.2, -0.15) is 0 Å². The summed E-state index contributed by atoms with van der Waals surface area (Å²) in [7, 11) is 0. The molecule has 2 heterocycles. The Morgan fingerprint density at radius 3 is 2.67 bits per heavy atom. The molecule has 0 saturated heterocycles. The molecule has 2 aliphatic rings. The Bertz CT molecular complexity index is 1210. The molecule has 1 N–H and O–H groups in total. The van der Waals surface area contributed by atoms with E-state index in [2.05, 4.69) is 17.2 Å². The van der Waals surface area contributed by atoms with E-state index in [0.717, 1.165) is 42.3 Å². The molecule has 33 heavy (non-hydrogen) atoms. The van der Waals surface area contributed by atoms with Crippen LogP contribution in [0.2, 0.25) is 5.02 Å². The maximum atomic E-state index is 13.8. The molecule has 0 bridgehead atoms. The standard InChI is InChI=1S/C26H29ClN4O2/c1-17-10-12-20(13-11-17)28-25(33)26(2)16-30-22-9-4-3-8-21(22)29-23(30)24(32)31(26)15-18-6-5-7-19(27)14-18/h3-9,14,17,20H,10-13,15-16H2,1-2H3,(H,28,33)/t17?,20?,26-/m0/s1. The van der Waals surface area contributed by atoms with Crippen molar-refractivity contribution in [1.29, 1.82) is 0 Å². The molecule has 2 amide bonds. The Hall–Kier alpha value is -2.86. The first kappa shape index (κ1) is 22.0. The van der Waals surface area contributed by atoms with Gasteiger partial charge in [-0.25, -0.2) is 4.98 Å². The van der Waals surface area contributed by atoms with Gasteiger partial charge in [-0.15, -0.1) is 0 Å². The minimum atomic E-state index is -1.06. The lowest BCUT2D eigenvalue weighted by atomic mass is 9.86. The second kappa shape index (κ2) is 8.49. The SMILES string of the molecule is CC1CCC(NC(=O)[C@]2(C)Cn3c(nc4ccccc43)C(=O)N2Cc2cccc(Cl)c2)CC1. The lowest BCUT2D eigenvalue weighted by molar-refractivity contribution is -0.134. The first-order valence-electron chi connectivity index (χ1n) is 11.7. The van der Waals surface area contributed by atoms with E-state index in [0.29, 0.717) is 23.3 Å². The smallest absolute Gasteiger partial charge is 0.291 e. The molecule has 1 aliphatic heterocycles. The van der Waals surface area contributed by atoms with Crippen molar-refractivity contribution in [3.63, 3.8) is 0 Å². The third-order valence-corrected chi connectivity index (χ3v) is 7.46. The van der Waals surface area contributed by atoms with Crippen LogP contribution in [0, 0.1) is 5.92 Å². The number of benzene rings is 2. The molecule has 172 valence electrons. The van der Waals surface area contributed by atoms with E-state index in [-0.39, 0.29) is 24.4 Å². The summed E-state index contributed by atoms with van der Waals surface area (Å²) >= 11 is 6.21. The largest absolute Gasteiger partial charge is 0.351 e. The molecule has 7 heteroatoms. The number of rotatable bonds is 4. The summed E-state index contributed by atoms with van der Waals surface area (Å²) in [5, 5.41) is 3.88. The van der Waals surface area contributed by atoms with Crippen LogP contribution in [-0.2, 0) is 17.9 Å². The molecule has 1 aromatic heterocycles. The predicted molar refractivity (Wildman–Crippen MR) is 129 cm³/mol. The third-order valence-electron chi connectivity index (χ3n) is 7.22. The van der Waals surface area contributed by atoms with Crippen LogP contribution in [0.25, 0.3) is 11.0 Å². The Balaban J connectivity index is 1.53. The van der Waals surface area contributed by atoms with Crippen molar-refractivity contribution >= 4 is 34.4 Å². The van der Waals surface area contributed by atoms with Crippen LogP contribution in [0.3, 0.4) is 0 Å². The summed E-state index contributed by atoms with van der Waals surface area (Å²) in [6.07, 6.45) is 4.18. The number of halogens is 1. The fraction of sp³-hybridized carbons (Fsp3) is 0.423. The molecule has 0 radical (unpaired) electrons. The number of imidazole rings is 1. The van der Waals surface area contributed by atoms with Crippen LogP contribution in [0.15, 0.2) is 48.5 Å². The zero-order valence-electron chi connectivity index (χ0n) is 19.1. The van der Waals surface area contributed by atoms with Gasteiger partial charge >= 0.3 is 0 Å². The van der Waals surface area contributed by atoms with E-state index in [1.165, 1.54) is 0 Å². The average Bonchev–Trinajstić information content (AvgIpc) is 3.17. The van der Waals surface area contributed by atoms with E-state index in [9.17, 15) is 9.59 Å². The van der Waals surface area contributed by atoms with Crippen LogP contribution in [0.4, 0.5) is 0 Å². The molecule has 1 aliphatic carbocycles. The topological polar surface area (TPSA) is 67.2 Å². The zero-order valence-corrected chi connectivity index (χ0v) is 19.8. The summed E-state index contributed by atoms with van der Waals surface area (Å²) in [4.78, 5) is 33.8. The number of carbonyl (C=O) groups is 2. The number of fused-ring (bicyclic) bond motifs is 3. The van der Waals surface area contributed by atoms with Crippen LogP contribution in [0.1, 0.15) is 55.7 Å². The minimum Gasteiger partial charge on any atom is -0.351 e. The fourth-order valence-electron chi connectivity index (χ4n) is 5.14. The summed E-state index contributed by atoms with van der Waals surface area (Å²) in [5.74, 6) is 0.715. The van der Waals surface area contributed by atoms with Crippen molar-refractivity contribution in [2.75, 3.05) is 0 Å². The van der Waals surface area contributed by atoms with Gasteiger partial charge in [0.15, 0.2) is 5.82 Å². The second-order valence-corrected chi connectivity index (χ2v) is 10.2. The van der Waals surface area contributed by atoms with Crippen LogP contribution in [0.5, 0.6) is 0 Å². The monoisotopic (exact) mass is 464 g/mol. The number of amides is 2. The van der Waals surface area contributed by atoms with Gasteiger partial charge in [0.05, 0.1) is 17.6 Å². The molecule has 3 aromatic rings. The lowest BCUT2D eigenvalue weighted by Gasteiger charge is -2.44. The summed E-state index contributed by atoms with van der Waals surface area (Å²) in [6, 6.07) is 15.3. The average molecular weight is 465 g/mol. The minimum absolute atomic E-state index is 0.110. The third kappa shape index (κ3) is 4.01. The van der Waals surface area contributed by atoms with Gasteiger partial charge < -0.3 is 14.8 Å². The molecule has 2 aromatic carbocycles. The van der Waals surface area contributed by atoms with E-state index in [1.807, 2.05) is 54.0 Å². The van der Waals surface area contributed by atoms with Gasteiger partial charge in [0, 0.05) is 17.6 Å². The summed E-state index contributed by atoms with van der Waals surface area (Å²) < 4.78 is 1.90. The van der Waals surface area contributed by atoms with Crippen molar-refractivity contribution in [2.24, 2.45) is 5.92 Å². The highest BCUT2D eigenvalue weighted by atomic mass is 35.5. The number of hydrogen-bond donors (Lipinski definition) is 1. The van der Waals surface area contributed by atoms with Crippen LogP contribution < -0.4 is 5.32 Å². The molecule has 1 saturated carbocycles. The first-order valence-corrected chi connectivity index (χ1v) is 12.1. The quantitative estimate of drug-likeness (QED) is 0.603. The summed E-state index contributed by atoms with van der Waals surface area (Å²) in [6.45, 7) is 4.77. The van der Waals surface area contributed by atoms with Gasteiger partial charge in [-0.1, -0.05) is 42.8 Å². The number of nitrogens with one attached hydrogen (secondary N) is 1. The predicted octanol–water partition coefficient (Wildman–Crippen LogP) is 4.80. The van der Waals surface area contributed by atoms with E-state index in [4.69, 9.17) is 11.6 Å². The van der Waals surface area contributed by atoms with Crippen molar-refractivity contribution in [1.82, 2.24) is 19.8 Å². The highest BCUT2D eigenvalue weighted by Gasteiger charge is 2.48. The molecule has 0 unspecified atom stereocenters. The molecule has 6 nitrogen and oxygen atoms in total. The first-order chi connectivity index (χ1) is 15.8. The number of nitrogens with zero attached hydrogens (tertiary/aromatic N) is 3. The molecule has 1 fully saturated rings. The van der Waals surface area contributed by atoms with Crippen LogP contribution in [-0.4, -0.2) is 37.8 Å². The molecule has 5 rings (SSSR count). The number of para-hydroxylation sites is 2. The number of hydrogen-bond acceptors (Lipinski definition) is 3. The number of aromatic nitrogens is 2. The van der Waals surface area contributed by atoms with Gasteiger partial charge in [0.1, 0.15) is 5.54 Å². The Labute approximate surface area is 198 Å². The molecule has 0 spiro atoms. The molecular formula is C26H29ClN4O2. The highest BCUT2D eigenvalue weighted by Crippen LogP contribution is 2.33. The van der Waals surface area contributed by atoms with Gasteiger partial charge in [0.2, 0.25) is 5.91 Å². The van der Waals surface area contributed by atoms with Gasteiger partial charge in [-0.05, 0) is 68.4 Å². The Kier molecular flexibility index (Phi) is 5.65. The summed E-state index contributed by atoms with van der Waals surface area (Å²) in [5.41, 5.74) is 1.45. The maximum Gasteiger partial charge on any atom is 0.291 e. The second-order valence-electron chi connectivity index (χ2n) is 9.74. The zero-order chi connectivity index (χ0) is 23.2. The van der Waals surface area contributed by atoms with E-state index in [1.54, 1.807) is 11.0 Å². The maximum absolute atomic E-state index is 13.8. The molecule has 1 atom stereocenters. The number of carbonyl (C=O) groups excluding carboxylic acids is 2. The molecular weight excluding hydrogens is 436 g/mol. The van der Waals surface area contributed by atoms with E-state index < -0.39 is 5.54 Å². The van der Waals surface area contributed by atoms with Gasteiger partial charge in [0.25, 0.3) is 5.91 Å². The van der Waals surface area contributed by atoms with E-state index >= 15 is 0 Å². The Morgan fingerprint density at radius 1 is 1.15 bits per heavy atom. The van der Waals surface area contributed by atoms with Gasteiger partial charge in [-0.3, -0.25) is 9.59 Å². The van der Waals surface area contributed by atoms with Crippen molar-refractivity contribution in [3.05, 3.63) is 64.9 Å². The van der Waals surface area contributed by atoms with Crippen LogP contribution >= 0.6 is 11.6 Å². The fourth-order valence-corrected chi connectivity index (χ4v) is 5.35. The Morgan fingerprint density at radius 2 is 1.91 bits per heavy atom. The highest BCUT2D eigenvalue weighted by molar-refractivity contribution is 6.30. The van der Waals surface area contributed by atoms with Crippen molar-refractivity contribution < 1.29 is 9.59 Å².